The van der Waals surface area contributed by atoms with Crippen LogP contribution in [0.25, 0.3) is 6.08 Å². The summed E-state index contributed by atoms with van der Waals surface area (Å²) >= 11 is 22.7. The third kappa shape index (κ3) is 5.58. The molecule has 0 N–H and O–H groups in total. The van der Waals surface area contributed by atoms with E-state index in [-0.39, 0.29) is 33.5 Å². The third-order valence-electron chi connectivity index (χ3n) is 5.09. The number of hydrogen-bond acceptors (Lipinski definition) is 6. The van der Waals surface area contributed by atoms with Gasteiger partial charge in [0.25, 0.3) is 11.1 Å². The zero-order valence-electron chi connectivity index (χ0n) is 18.4. The number of rotatable bonds is 6. The smallest absolute Gasteiger partial charge is 0.345 e. The van der Waals surface area contributed by atoms with Crippen molar-refractivity contribution < 1.29 is 23.9 Å². The number of hydrogen-bond donors (Lipinski definition) is 0. The Kier molecular flexibility index (Phi) is 8.32. The highest BCUT2D eigenvalue weighted by atomic mass is 79.9. The van der Waals surface area contributed by atoms with E-state index in [1.807, 2.05) is 0 Å². The van der Waals surface area contributed by atoms with Crippen LogP contribution in [0.15, 0.2) is 64.0 Å². The van der Waals surface area contributed by atoms with Crippen LogP contribution in [0.5, 0.6) is 11.5 Å². The van der Waals surface area contributed by atoms with Crippen molar-refractivity contribution in [3.05, 3.63) is 95.7 Å². The second kappa shape index (κ2) is 11.3. The van der Waals surface area contributed by atoms with Gasteiger partial charge in [-0.2, -0.15) is 0 Å². The second-order valence-electron chi connectivity index (χ2n) is 7.37. The van der Waals surface area contributed by atoms with Crippen molar-refractivity contribution in [3.8, 4) is 11.5 Å². The number of ether oxygens (including phenoxy) is 2. The van der Waals surface area contributed by atoms with Crippen LogP contribution in [0.3, 0.4) is 0 Å². The fourth-order valence-corrected chi connectivity index (χ4v) is 5.43. The fourth-order valence-electron chi connectivity index (χ4n) is 3.33. The van der Waals surface area contributed by atoms with E-state index in [1.54, 1.807) is 60.7 Å². The Morgan fingerprint density at radius 1 is 1.03 bits per heavy atom. The van der Waals surface area contributed by atoms with Gasteiger partial charge in [-0.3, -0.25) is 14.5 Å². The molecular formula is C25H15BrCl3NO5S. The van der Waals surface area contributed by atoms with Crippen molar-refractivity contribution in [2.75, 3.05) is 7.11 Å². The highest BCUT2D eigenvalue weighted by Crippen LogP contribution is 2.40. The largest absolute Gasteiger partial charge is 0.493 e. The SMILES string of the molecule is COc1cc(/C=C2\SC(=O)N(Cc3c(Cl)cccc3Cl)C2=O)cc(Br)c1OC(=O)c1ccccc1Cl. The minimum Gasteiger partial charge on any atom is -0.493 e. The van der Waals surface area contributed by atoms with Crippen LogP contribution in [-0.2, 0) is 11.3 Å². The van der Waals surface area contributed by atoms with Crippen LogP contribution in [0.2, 0.25) is 15.1 Å². The van der Waals surface area contributed by atoms with Gasteiger partial charge in [-0.05, 0) is 75.7 Å². The Hall–Kier alpha value is -2.49. The number of esters is 1. The molecule has 0 saturated carbocycles. The predicted molar refractivity (Wildman–Crippen MR) is 145 cm³/mol. The maximum Gasteiger partial charge on any atom is 0.345 e. The summed E-state index contributed by atoms with van der Waals surface area (Å²) in [6.07, 6.45) is 1.55. The monoisotopic (exact) mass is 625 g/mol. The first kappa shape index (κ1) is 26.6. The Balaban J connectivity index is 1.59. The number of thioether (sulfide) groups is 1. The van der Waals surface area contributed by atoms with Crippen LogP contribution >= 0.6 is 62.5 Å². The molecule has 3 aromatic rings. The molecular weight excluding hydrogens is 613 g/mol. The van der Waals surface area contributed by atoms with Gasteiger partial charge in [-0.1, -0.05) is 53.0 Å². The Morgan fingerprint density at radius 2 is 1.69 bits per heavy atom. The van der Waals surface area contributed by atoms with E-state index in [9.17, 15) is 14.4 Å². The zero-order valence-corrected chi connectivity index (χ0v) is 23.1. The van der Waals surface area contributed by atoms with E-state index in [2.05, 4.69) is 15.9 Å². The van der Waals surface area contributed by atoms with Crippen LogP contribution in [-0.4, -0.2) is 29.1 Å². The number of benzene rings is 3. The average molecular weight is 628 g/mol. The molecule has 0 aliphatic carbocycles. The molecule has 0 radical (unpaired) electrons. The molecule has 0 atom stereocenters. The Morgan fingerprint density at radius 3 is 2.36 bits per heavy atom. The summed E-state index contributed by atoms with van der Waals surface area (Å²) in [5.41, 5.74) is 1.22. The van der Waals surface area contributed by atoms with E-state index in [0.29, 0.717) is 25.6 Å². The van der Waals surface area contributed by atoms with E-state index in [4.69, 9.17) is 44.3 Å². The molecule has 184 valence electrons. The highest BCUT2D eigenvalue weighted by molar-refractivity contribution is 9.10. The lowest BCUT2D eigenvalue weighted by Crippen LogP contribution is -2.27. The molecule has 1 aliphatic heterocycles. The number of imide groups is 1. The summed E-state index contributed by atoms with van der Waals surface area (Å²) in [5, 5.41) is 0.531. The number of nitrogens with zero attached hydrogens (tertiary/aromatic N) is 1. The van der Waals surface area contributed by atoms with Crippen LogP contribution in [0, 0.1) is 0 Å². The quantitative estimate of drug-likeness (QED) is 0.157. The molecule has 11 heteroatoms. The van der Waals surface area contributed by atoms with E-state index in [1.165, 1.54) is 7.11 Å². The van der Waals surface area contributed by atoms with Gasteiger partial charge >= 0.3 is 5.97 Å². The summed E-state index contributed by atoms with van der Waals surface area (Å²) < 4.78 is 11.3. The molecule has 4 rings (SSSR count). The van der Waals surface area contributed by atoms with Crippen molar-refractivity contribution >= 4 is 85.7 Å². The van der Waals surface area contributed by atoms with Crippen LogP contribution < -0.4 is 9.47 Å². The first-order valence-electron chi connectivity index (χ1n) is 10.2. The molecule has 0 bridgehead atoms. The van der Waals surface area contributed by atoms with E-state index < -0.39 is 17.1 Å². The molecule has 3 aromatic carbocycles. The molecule has 36 heavy (non-hydrogen) atoms. The lowest BCUT2D eigenvalue weighted by atomic mass is 10.1. The number of amides is 2. The van der Waals surface area contributed by atoms with Crippen molar-refractivity contribution in [2.24, 2.45) is 0 Å². The minimum absolute atomic E-state index is 0.0511. The summed E-state index contributed by atoms with van der Waals surface area (Å²) in [7, 11) is 1.42. The Labute approximate surface area is 234 Å². The van der Waals surface area contributed by atoms with Gasteiger partial charge in [0.2, 0.25) is 0 Å². The van der Waals surface area contributed by atoms with Gasteiger partial charge < -0.3 is 9.47 Å². The molecule has 1 saturated heterocycles. The first-order valence-corrected chi connectivity index (χ1v) is 13.0. The normalized spacial score (nSPS) is 14.5. The third-order valence-corrected chi connectivity index (χ3v) is 7.62. The van der Waals surface area contributed by atoms with Crippen molar-refractivity contribution in [3.63, 3.8) is 0 Å². The van der Waals surface area contributed by atoms with Crippen molar-refractivity contribution in [1.29, 1.82) is 0 Å². The van der Waals surface area contributed by atoms with E-state index in [0.717, 1.165) is 16.7 Å². The highest BCUT2D eigenvalue weighted by Gasteiger charge is 2.36. The molecule has 1 fully saturated rings. The van der Waals surface area contributed by atoms with Gasteiger partial charge in [0.05, 0.1) is 33.6 Å². The minimum atomic E-state index is -0.660. The summed E-state index contributed by atoms with van der Waals surface area (Å²) in [4.78, 5) is 39.5. The summed E-state index contributed by atoms with van der Waals surface area (Å²) in [5.74, 6) is -0.767. The zero-order chi connectivity index (χ0) is 26.0. The number of carbonyl (C=O) groups is 3. The van der Waals surface area contributed by atoms with Crippen LogP contribution in [0.1, 0.15) is 21.5 Å². The van der Waals surface area contributed by atoms with Gasteiger partial charge in [-0.15, -0.1) is 0 Å². The van der Waals surface area contributed by atoms with E-state index >= 15 is 0 Å². The Bertz CT molecular complexity index is 1410. The number of carbonyl (C=O) groups excluding carboxylic acids is 3. The molecule has 1 aliphatic rings. The molecule has 1 heterocycles. The summed E-state index contributed by atoms with van der Waals surface area (Å²) in [6, 6.07) is 14.7. The second-order valence-corrected chi connectivity index (χ2v) is 10.4. The number of methoxy groups -OCH3 is 1. The first-order chi connectivity index (χ1) is 17.2. The van der Waals surface area contributed by atoms with Gasteiger partial charge in [0.15, 0.2) is 11.5 Å². The van der Waals surface area contributed by atoms with Gasteiger partial charge in [0, 0.05) is 15.6 Å². The topological polar surface area (TPSA) is 72.9 Å². The number of halogens is 4. The molecule has 0 spiro atoms. The summed E-state index contributed by atoms with van der Waals surface area (Å²) in [6.45, 7) is -0.0511. The van der Waals surface area contributed by atoms with Crippen molar-refractivity contribution in [2.45, 2.75) is 6.54 Å². The molecule has 6 nitrogen and oxygen atoms in total. The van der Waals surface area contributed by atoms with Crippen molar-refractivity contribution in [1.82, 2.24) is 4.90 Å². The standard InChI is InChI=1S/C25H15BrCl3NO5S/c1-34-20-10-13(9-16(26)22(20)35-24(32)14-5-2-3-6-17(14)27)11-21-23(31)30(25(33)36-21)12-15-18(28)7-4-8-19(15)29/h2-11H,12H2,1H3/b21-11-. The predicted octanol–water partition coefficient (Wildman–Crippen LogP) is 7.87. The molecule has 0 aromatic heterocycles. The van der Waals surface area contributed by atoms with Crippen LogP contribution in [0.4, 0.5) is 4.79 Å². The molecule has 2 amide bonds. The lowest BCUT2D eigenvalue weighted by Gasteiger charge is -2.15. The van der Waals surface area contributed by atoms with Gasteiger partial charge in [0.1, 0.15) is 0 Å². The lowest BCUT2D eigenvalue weighted by molar-refractivity contribution is -0.123. The molecule has 0 unspecified atom stereocenters. The fraction of sp³-hybridized carbons (Fsp3) is 0.0800. The maximum absolute atomic E-state index is 13.0. The maximum atomic E-state index is 13.0. The van der Waals surface area contributed by atoms with Gasteiger partial charge in [-0.25, -0.2) is 4.79 Å². The average Bonchev–Trinajstić information content (AvgIpc) is 3.10.